The van der Waals surface area contributed by atoms with Crippen LogP contribution < -0.4 is 10.7 Å². The summed E-state index contributed by atoms with van der Waals surface area (Å²) in [5.41, 5.74) is 2.18. The molecule has 1 unspecified atom stereocenters. The third kappa shape index (κ3) is 9.91. The van der Waals surface area contributed by atoms with Gasteiger partial charge in [-0.1, -0.05) is 121 Å². The lowest BCUT2D eigenvalue weighted by atomic mass is 9.93. The van der Waals surface area contributed by atoms with Crippen molar-refractivity contribution in [3.8, 4) is 0 Å². The van der Waals surface area contributed by atoms with Crippen LogP contribution in [0.15, 0.2) is 47.1 Å². The van der Waals surface area contributed by atoms with Gasteiger partial charge in [-0.2, -0.15) is 0 Å². The van der Waals surface area contributed by atoms with E-state index in [9.17, 15) is 4.79 Å². The number of unbranched alkanes of at least 4 members (excludes halogenated alkanes) is 9. The normalized spacial score (nSPS) is 13.6. The molecule has 2 rings (SSSR count). The lowest BCUT2D eigenvalue weighted by Gasteiger charge is -2.20. The fraction of sp³-hybridized carbons (Fsp3) is 0.621. The number of benzene rings is 1. The number of hydrogen-bond donors (Lipinski definition) is 1. The topological polar surface area (TPSA) is 42.2 Å². The quantitative estimate of drug-likeness (QED) is 0.199. The van der Waals surface area contributed by atoms with Gasteiger partial charge in [0.15, 0.2) is 0 Å². The Kier molecular flexibility index (Phi) is 12.0. The molecule has 0 aliphatic heterocycles. The van der Waals surface area contributed by atoms with E-state index in [2.05, 4.69) is 57.0 Å². The summed E-state index contributed by atoms with van der Waals surface area (Å²) in [7, 11) is -1.54. The van der Waals surface area contributed by atoms with Gasteiger partial charge in [0.1, 0.15) is 8.07 Å². The van der Waals surface area contributed by atoms with Crippen LogP contribution in [0, 0.1) is 0 Å². The minimum absolute atomic E-state index is 0.00253. The van der Waals surface area contributed by atoms with E-state index in [0.717, 1.165) is 29.4 Å². The number of rotatable bonds is 16. The van der Waals surface area contributed by atoms with E-state index in [4.69, 9.17) is 4.42 Å². The predicted molar refractivity (Wildman–Crippen MR) is 144 cm³/mol. The number of nitrogens with one attached hydrogen (secondary N) is 1. The summed E-state index contributed by atoms with van der Waals surface area (Å²) in [4.78, 5) is 13.3. The zero-order valence-electron chi connectivity index (χ0n) is 21.8. The van der Waals surface area contributed by atoms with E-state index in [1.165, 1.54) is 57.8 Å². The Bertz CT molecular complexity index is 793. The van der Waals surface area contributed by atoms with E-state index >= 15 is 0 Å². The Balaban J connectivity index is 1.90. The summed E-state index contributed by atoms with van der Waals surface area (Å²) in [6, 6.07) is 12.4. The Hall–Kier alpha value is -1.81. The number of furan rings is 1. The summed E-state index contributed by atoms with van der Waals surface area (Å²) >= 11 is 0. The summed E-state index contributed by atoms with van der Waals surface area (Å²) < 4.78 is 5.93. The molecule has 2 aromatic rings. The number of carbonyl (C=O) groups excluding carboxylic acids is 1. The van der Waals surface area contributed by atoms with E-state index < -0.39 is 8.07 Å². The SMILES string of the molecule is CCCCCCCCCCCCC(C(=O)N[C@H](C)c1ccccc1)c1coc([Si](C)(C)C)c1. The molecule has 1 amide bonds. The second-order valence-corrected chi connectivity index (χ2v) is 15.7. The highest BCUT2D eigenvalue weighted by atomic mass is 28.3. The van der Waals surface area contributed by atoms with Crippen LogP contribution in [0.4, 0.5) is 0 Å². The Labute approximate surface area is 203 Å². The van der Waals surface area contributed by atoms with Crippen molar-refractivity contribution in [1.82, 2.24) is 5.32 Å². The van der Waals surface area contributed by atoms with Gasteiger partial charge in [0.05, 0.1) is 23.6 Å². The number of carbonyl (C=O) groups is 1. The number of hydrogen-bond acceptors (Lipinski definition) is 2. The van der Waals surface area contributed by atoms with E-state index in [1.807, 2.05) is 24.5 Å². The first kappa shape index (κ1) is 27.4. The largest absolute Gasteiger partial charge is 0.474 e. The molecule has 33 heavy (non-hydrogen) atoms. The molecule has 1 heterocycles. The highest BCUT2D eigenvalue weighted by Gasteiger charge is 2.27. The maximum Gasteiger partial charge on any atom is 0.228 e. The first-order chi connectivity index (χ1) is 15.8. The molecule has 0 bridgehead atoms. The van der Waals surface area contributed by atoms with Gasteiger partial charge in [0.25, 0.3) is 0 Å². The van der Waals surface area contributed by atoms with Crippen molar-refractivity contribution < 1.29 is 9.21 Å². The van der Waals surface area contributed by atoms with Crippen LogP contribution in [0.3, 0.4) is 0 Å². The molecule has 2 atom stereocenters. The predicted octanol–water partition coefficient (Wildman–Crippen LogP) is 8.10. The minimum Gasteiger partial charge on any atom is -0.474 e. The summed E-state index contributed by atoms with van der Waals surface area (Å²) in [6.07, 6.45) is 15.8. The molecular weight excluding hydrogens is 422 g/mol. The van der Waals surface area contributed by atoms with Crippen molar-refractivity contribution in [2.75, 3.05) is 0 Å². The fourth-order valence-corrected chi connectivity index (χ4v) is 5.36. The Morgan fingerprint density at radius 3 is 2.00 bits per heavy atom. The van der Waals surface area contributed by atoms with Gasteiger partial charge in [-0.05, 0) is 25.0 Å². The zero-order valence-corrected chi connectivity index (χ0v) is 22.8. The van der Waals surface area contributed by atoms with Gasteiger partial charge in [0, 0.05) is 5.56 Å². The second-order valence-electron chi connectivity index (χ2n) is 10.7. The van der Waals surface area contributed by atoms with E-state index in [1.54, 1.807) is 0 Å². The molecule has 0 saturated heterocycles. The Morgan fingerprint density at radius 2 is 1.45 bits per heavy atom. The molecular formula is C29H47NO2Si. The molecule has 184 valence electrons. The van der Waals surface area contributed by atoms with Gasteiger partial charge < -0.3 is 9.73 Å². The van der Waals surface area contributed by atoms with Gasteiger partial charge >= 0.3 is 0 Å². The fourth-order valence-electron chi connectivity index (χ4n) is 4.35. The van der Waals surface area contributed by atoms with Crippen LogP contribution in [-0.4, -0.2) is 14.0 Å². The van der Waals surface area contributed by atoms with Gasteiger partial charge in [-0.25, -0.2) is 0 Å². The third-order valence-electron chi connectivity index (χ3n) is 6.58. The van der Waals surface area contributed by atoms with Gasteiger partial charge in [0.2, 0.25) is 5.91 Å². The van der Waals surface area contributed by atoms with Crippen LogP contribution in [0.25, 0.3) is 0 Å². The molecule has 0 fully saturated rings. The molecule has 1 aromatic carbocycles. The summed E-state index contributed by atoms with van der Waals surface area (Å²) in [6.45, 7) is 11.2. The van der Waals surface area contributed by atoms with Crippen molar-refractivity contribution >= 4 is 19.4 Å². The maximum atomic E-state index is 13.3. The molecule has 0 aliphatic carbocycles. The molecule has 0 aliphatic rings. The molecule has 1 aromatic heterocycles. The molecule has 4 heteroatoms. The monoisotopic (exact) mass is 469 g/mol. The van der Waals surface area contributed by atoms with Gasteiger partial charge in [-0.3, -0.25) is 4.79 Å². The lowest BCUT2D eigenvalue weighted by molar-refractivity contribution is -0.123. The molecule has 3 nitrogen and oxygen atoms in total. The zero-order chi connectivity index (χ0) is 24.1. The smallest absolute Gasteiger partial charge is 0.228 e. The van der Waals surface area contributed by atoms with Crippen molar-refractivity contribution in [3.05, 3.63) is 53.8 Å². The van der Waals surface area contributed by atoms with E-state index in [-0.39, 0.29) is 17.9 Å². The minimum atomic E-state index is -1.54. The standard InChI is InChI=1S/C29H47NO2Si/c1-6-7-8-9-10-11-12-13-14-18-21-27(26-22-28(32-23-26)33(3,4)5)29(31)30-24(2)25-19-16-15-17-20-25/h15-17,19-20,22-24,27H,6-14,18,21H2,1-5H3,(H,30,31)/t24-,27?/m1/s1. The van der Waals surface area contributed by atoms with Crippen molar-refractivity contribution in [1.29, 1.82) is 0 Å². The molecule has 1 N–H and O–H groups in total. The molecule has 0 saturated carbocycles. The number of amides is 1. The average Bonchev–Trinajstić information content (AvgIpc) is 3.28. The van der Waals surface area contributed by atoms with Crippen LogP contribution in [0.1, 0.15) is 108 Å². The Morgan fingerprint density at radius 1 is 0.879 bits per heavy atom. The first-order valence-electron chi connectivity index (χ1n) is 13.3. The van der Waals surface area contributed by atoms with E-state index in [0.29, 0.717) is 0 Å². The average molecular weight is 470 g/mol. The van der Waals surface area contributed by atoms with Crippen molar-refractivity contribution in [2.45, 2.75) is 116 Å². The molecule has 0 radical (unpaired) electrons. The highest BCUT2D eigenvalue weighted by molar-refractivity contribution is 6.87. The third-order valence-corrected chi connectivity index (χ3v) is 8.32. The van der Waals surface area contributed by atoms with Crippen LogP contribution in [-0.2, 0) is 4.79 Å². The van der Waals surface area contributed by atoms with Crippen molar-refractivity contribution in [3.63, 3.8) is 0 Å². The first-order valence-corrected chi connectivity index (χ1v) is 16.8. The summed E-state index contributed by atoms with van der Waals surface area (Å²) in [5.74, 6) is -0.0238. The van der Waals surface area contributed by atoms with Crippen LogP contribution in [0.5, 0.6) is 0 Å². The van der Waals surface area contributed by atoms with Crippen LogP contribution in [0.2, 0.25) is 19.6 Å². The highest BCUT2D eigenvalue weighted by Crippen LogP contribution is 2.26. The maximum absolute atomic E-state index is 13.3. The summed E-state index contributed by atoms with van der Waals surface area (Å²) in [5, 5.41) is 4.34. The van der Waals surface area contributed by atoms with Crippen molar-refractivity contribution in [2.24, 2.45) is 0 Å². The van der Waals surface area contributed by atoms with Gasteiger partial charge in [-0.15, -0.1) is 0 Å². The molecule has 0 spiro atoms. The lowest BCUT2D eigenvalue weighted by Crippen LogP contribution is -2.36. The second kappa shape index (κ2) is 14.4. The van der Waals surface area contributed by atoms with Crippen LogP contribution >= 0.6 is 0 Å².